The summed E-state index contributed by atoms with van der Waals surface area (Å²) in [5.74, 6) is -0.0164. The van der Waals surface area contributed by atoms with Crippen molar-refractivity contribution in [3.05, 3.63) is 63.7 Å². The lowest BCUT2D eigenvalue weighted by Crippen LogP contribution is -2.11. The van der Waals surface area contributed by atoms with Gasteiger partial charge in [0.25, 0.3) is 5.69 Å². The molecule has 0 N–H and O–H groups in total. The Bertz CT molecular complexity index is 909. The van der Waals surface area contributed by atoms with Crippen molar-refractivity contribution < 1.29 is 27.6 Å². The molecule has 0 radical (unpaired) electrons. The largest absolute Gasteiger partial charge is 0.426 e. The molecule has 0 saturated heterocycles. The fourth-order valence-electron chi connectivity index (χ4n) is 3.50. The first kappa shape index (κ1) is 22.1. The molecular formula is C21H20F3NO4S. The van der Waals surface area contributed by atoms with Gasteiger partial charge in [0, 0.05) is 6.07 Å². The number of halogens is 3. The van der Waals surface area contributed by atoms with E-state index in [-0.39, 0.29) is 10.6 Å². The highest BCUT2D eigenvalue weighted by Gasteiger charge is 2.33. The summed E-state index contributed by atoms with van der Waals surface area (Å²) in [6.07, 6.45) is 1.32. The molecule has 9 heteroatoms. The lowest BCUT2D eigenvalue weighted by molar-refractivity contribution is -0.388. The molecule has 0 aromatic heterocycles. The van der Waals surface area contributed by atoms with E-state index >= 15 is 0 Å². The molecule has 30 heavy (non-hydrogen) atoms. The van der Waals surface area contributed by atoms with Crippen LogP contribution < -0.4 is 4.74 Å². The third-order valence-corrected chi connectivity index (χ3v) is 6.05. The van der Waals surface area contributed by atoms with Crippen molar-refractivity contribution in [3.63, 3.8) is 0 Å². The molecule has 160 valence electrons. The topological polar surface area (TPSA) is 69.4 Å². The Morgan fingerprint density at radius 2 is 1.77 bits per heavy atom. The van der Waals surface area contributed by atoms with Crippen LogP contribution in [0.2, 0.25) is 0 Å². The van der Waals surface area contributed by atoms with E-state index in [0.29, 0.717) is 17.7 Å². The van der Waals surface area contributed by atoms with Crippen LogP contribution in [0.3, 0.4) is 0 Å². The maximum Gasteiger partial charge on any atom is 0.416 e. The Morgan fingerprint density at radius 1 is 1.10 bits per heavy atom. The maximum atomic E-state index is 12.8. The first-order chi connectivity index (χ1) is 14.2. The number of esters is 1. The zero-order valence-corrected chi connectivity index (χ0v) is 16.8. The van der Waals surface area contributed by atoms with E-state index in [4.69, 9.17) is 4.74 Å². The lowest BCUT2D eigenvalue weighted by Gasteiger charge is -2.22. The number of alkyl halides is 3. The van der Waals surface area contributed by atoms with Gasteiger partial charge in [-0.3, -0.25) is 14.9 Å². The second-order valence-corrected chi connectivity index (χ2v) is 8.12. The molecule has 0 amide bonds. The number of nitrogens with zero attached hydrogens (tertiary/aromatic N) is 1. The highest BCUT2D eigenvalue weighted by atomic mass is 32.2. The summed E-state index contributed by atoms with van der Waals surface area (Å²) >= 11 is 0.764. The Kier molecular flexibility index (Phi) is 7.02. The summed E-state index contributed by atoms with van der Waals surface area (Å²) in [4.78, 5) is 22.3. The molecule has 1 saturated carbocycles. The van der Waals surface area contributed by atoms with Gasteiger partial charge in [-0.05, 0) is 48.6 Å². The molecule has 5 nitrogen and oxygen atoms in total. The van der Waals surface area contributed by atoms with Crippen LogP contribution in [0.5, 0.6) is 5.75 Å². The second kappa shape index (κ2) is 9.51. The highest BCUT2D eigenvalue weighted by Crippen LogP contribution is 2.37. The number of benzene rings is 2. The van der Waals surface area contributed by atoms with Gasteiger partial charge < -0.3 is 4.74 Å². The maximum absolute atomic E-state index is 12.8. The Balaban J connectivity index is 1.59. The molecule has 2 aromatic carbocycles. The van der Waals surface area contributed by atoms with E-state index in [1.54, 1.807) is 12.1 Å². The van der Waals surface area contributed by atoms with Crippen molar-refractivity contribution in [2.24, 2.45) is 0 Å². The van der Waals surface area contributed by atoms with Gasteiger partial charge >= 0.3 is 12.1 Å². The van der Waals surface area contributed by atoms with Gasteiger partial charge in [0.2, 0.25) is 0 Å². The molecule has 1 fully saturated rings. The molecule has 0 heterocycles. The Labute approximate surface area is 175 Å². The predicted octanol–water partition coefficient (Wildman–Crippen LogP) is 6.36. The minimum atomic E-state index is -4.68. The van der Waals surface area contributed by atoms with Crippen LogP contribution >= 0.6 is 11.8 Å². The van der Waals surface area contributed by atoms with E-state index in [0.717, 1.165) is 36.7 Å². The van der Waals surface area contributed by atoms with Crippen LogP contribution in [-0.4, -0.2) is 16.6 Å². The van der Waals surface area contributed by atoms with Gasteiger partial charge in [-0.1, -0.05) is 31.4 Å². The zero-order valence-electron chi connectivity index (χ0n) is 16.0. The number of carbonyl (C=O) groups is 1. The average molecular weight is 439 g/mol. The predicted molar refractivity (Wildman–Crippen MR) is 107 cm³/mol. The molecule has 3 rings (SSSR count). The van der Waals surface area contributed by atoms with Crippen molar-refractivity contribution in [1.29, 1.82) is 0 Å². The molecule has 0 aliphatic heterocycles. The van der Waals surface area contributed by atoms with E-state index < -0.39 is 28.3 Å². The van der Waals surface area contributed by atoms with Gasteiger partial charge in [0.05, 0.1) is 21.1 Å². The fraction of sp³-hybridized carbons (Fsp3) is 0.381. The van der Waals surface area contributed by atoms with E-state index in [9.17, 15) is 28.1 Å². The van der Waals surface area contributed by atoms with E-state index in [2.05, 4.69) is 0 Å². The van der Waals surface area contributed by atoms with Crippen LogP contribution in [-0.2, 0) is 11.0 Å². The van der Waals surface area contributed by atoms with Crippen LogP contribution in [0, 0.1) is 10.1 Å². The standard InChI is InChI=1S/C21H20F3NO4S/c22-21(23,24)16-8-11-19(18(12-16)25(27)28)30-13-20(26)29-17-9-6-15(7-10-17)14-4-2-1-3-5-14/h6-12,14H,1-5,13H2. The van der Waals surface area contributed by atoms with Crippen molar-refractivity contribution in [2.45, 2.75) is 49.1 Å². The Hall–Kier alpha value is -2.55. The molecule has 2 aromatic rings. The van der Waals surface area contributed by atoms with Crippen molar-refractivity contribution in [3.8, 4) is 5.75 Å². The lowest BCUT2D eigenvalue weighted by atomic mass is 9.84. The summed E-state index contributed by atoms with van der Waals surface area (Å²) in [5, 5.41) is 11.1. The number of rotatable bonds is 6. The Morgan fingerprint density at radius 3 is 2.37 bits per heavy atom. The molecule has 0 unspecified atom stereocenters. The number of nitro groups is 1. The molecule has 1 aliphatic rings. The molecular weight excluding hydrogens is 419 g/mol. The summed E-state index contributed by atoms with van der Waals surface area (Å²) in [6, 6.07) is 9.53. The minimum Gasteiger partial charge on any atom is -0.426 e. The monoisotopic (exact) mass is 439 g/mol. The molecule has 1 aliphatic carbocycles. The number of nitro benzene ring substituents is 1. The number of carbonyl (C=O) groups excluding carboxylic acids is 1. The van der Waals surface area contributed by atoms with Gasteiger partial charge in [0.1, 0.15) is 5.75 Å². The summed E-state index contributed by atoms with van der Waals surface area (Å²) < 4.78 is 43.5. The van der Waals surface area contributed by atoms with E-state index in [1.807, 2.05) is 12.1 Å². The van der Waals surface area contributed by atoms with Crippen LogP contribution in [0.4, 0.5) is 18.9 Å². The normalized spacial score (nSPS) is 15.0. The first-order valence-electron chi connectivity index (χ1n) is 9.53. The summed E-state index contributed by atoms with van der Waals surface area (Å²) in [5.41, 5.74) is -0.595. The SMILES string of the molecule is O=C(CSc1ccc(C(F)(F)F)cc1[N+](=O)[O-])Oc1ccc(C2CCCCC2)cc1. The molecule has 0 atom stereocenters. The average Bonchev–Trinajstić information content (AvgIpc) is 2.72. The van der Waals surface area contributed by atoms with Crippen LogP contribution in [0.1, 0.15) is 49.1 Å². The first-order valence-corrected chi connectivity index (χ1v) is 10.5. The van der Waals surface area contributed by atoms with Gasteiger partial charge in [-0.25, -0.2) is 0 Å². The minimum absolute atomic E-state index is 0.0300. The van der Waals surface area contributed by atoms with E-state index in [1.165, 1.54) is 24.8 Å². The summed E-state index contributed by atoms with van der Waals surface area (Å²) in [7, 11) is 0. The smallest absolute Gasteiger partial charge is 0.416 e. The fourth-order valence-corrected chi connectivity index (χ4v) is 4.28. The van der Waals surface area contributed by atoms with Crippen molar-refractivity contribution in [2.75, 3.05) is 5.75 Å². The number of hydrogen-bond donors (Lipinski definition) is 0. The number of ether oxygens (including phenoxy) is 1. The third kappa shape index (κ3) is 5.75. The molecule has 0 spiro atoms. The van der Waals surface area contributed by atoms with Crippen LogP contribution in [0.15, 0.2) is 47.4 Å². The van der Waals surface area contributed by atoms with Gasteiger partial charge in [-0.15, -0.1) is 11.8 Å². The highest BCUT2D eigenvalue weighted by molar-refractivity contribution is 8.00. The zero-order chi connectivity index (χ0) is 21.7. The number of thioether (sulfide) groups is 1. The number of hydrogen-bond acceptors (Lipinski definition) is 5. The second-order valence-electron chi connectivity index (χ2n) is 7.10. The quantitative estimate of drug-likeness (QED) is 0.172. The molecule has 0 bridgehead atoms. The van der Waals surface area contributed by atoms with Gasteiger partial charge in [0.15, 0.2) is 0 Å². The van der Waals surface area contributed by atoms with Crippen molar-refractivity contribution in [1.82, 2.24) is 0 Å². The van der Waals surface area contributed by atoms with Crippen molar-refractivity contribution >= 4 is 23.4 Å². The third-order valence-electron chi connectivity index (χ3n) is 5.02. The summed E-state index contributed by atoms with van der Waals surface area (Å²) in [6.45, 7) is 0. The van der Waals surface area contributed by atoms with Gasteiger partial charge in [-0.2, -0.15) is 13.2 Å². The van der Waals surface area contributed by atoms with Crippen LogP contribution in [0.25, 0.3) is 0 Å².